The topological polar surface area (TPSA) is 95.5 Å². The van der Waals surface area contributed by atoms with Crippen molar-refractivity contribution in [1.29, 1.82) is 0 Å². The third-order valence-corrected chi connectivity index (χ3v) is 12.0. The Morgan fingerprint density at radius 2 is 1.48 bits per heavy atom. The Hall–Kier alpha value is -0.786. The maximum Gasteiger partial charge on any atom is 1.00 e. The molecule has 0 aromatic heterocycles. The molecule has 0 radical (unpaired) electrons. The number of nitrogens with one attached hydrogen (secondary N) is 1. The zero-order valence-electron chi connectivity index (χ0n) is 19.4. The van der Waals surface area contributed by atoms with E-state index in [0.717, 1.165) is 0 Å². The molecule has 1 N–H and O–H groups in total. The van der Waals surface area contributed by atoms with E-state index in [1.807, 2.05) is 0 Å². The Kier molecular flexibility index (Phi) is 9.74. The summed E-state index contributed by atoms with van der Waals surface area (Å²) in [6, 6.07) is 4.31. The molecule has 0 saturated carbocycles. The second-order valence-electron chi connectivity index (χ2n) is 9.21. The molecule has 0 heterocycles. The number of carbonyl (C=O) groups excluding carboxylic acids is 1. The van der Waals surface area contributed by atoms with Crippen molar-refractivity contribution in [3.05, 3.63) is 18.2 Å². The Balaban J connectivity index is 0.00000784. The summed E-state index contributed by atoms with van der Waals surface area (Å²) in [4.78, 5) is 12.1. The summed E-state index contributed by atoms with van der Waals surface area (Å²) >= 11 is 0. The van der Waals surface area contributed by atoms with E-state index in [1.165, 1.54) is 12.1 Å². The minimum Gasteiger partial charge on any atom is -0.744 e. The van der Waals surface area contributed by atoms with Crippen LogP contribution in [-0.2, 0) is 14.9 Å². The fraction of sp³-hybridized carbons (Fsp3) is 0.650. The minimum atomic E-state index is -4.79. The quantitative estimate of drug-likeness (QED) is 0.523. The first-order chi connectivity index (χ1) is 12.5. The van der Waals surface area contributed by atoms with Gasteiger partial charge in [0.1, 0.15) is 15.9 Å². The van der Waals surface area contributed by atoms with Gasteiger partial charge < -0.3 is 14.3 Å². The molecule has 0 atom stereocenters. The molecule has 1 rings (SSSR count). The van der Waals surface area contributed by atoms with Gasteiger partial charge in [-0.05, 0) is 28.8 Å². The number of para-hydroxylation sites is 1. The molecular formula is C20H34LiNO5SSi. The van der Waals surface area contributed by atoms with Crippen molar-refractivity contribution in [1.82, 2.24) is 0 Å². The van der Waals surface area contributed by atoms with Gasteiger partial charge in [-0.15, -0.1) is 0 Å². The predicted molar refractivity (Wildman–Crippen MR) is 114 cm³/mol. The van der Waals surface area contributed by atoms with Crippen molar-refractivity contribution in [2.24, 2.45) is 5.41 Å². The van der Waals surface area contributed by atoms with E-state index in [4.69, 9.17) is 4.43 Å². The molecule has 0 aliphatic rings. The van der Waals surface area contributed by atoms with Gasteiger partial charge in [0, 0.05) is 5.41 Å². The van der Waals surface area contributed by atoms with E-state index in [2.05, 4.69) is 46.9 Å². The average molecular weight is 436 g/mol. The fourth-order valence-electron chi connectivity index (χ4n) is 3.77. The molecular weight excluding hydrogens is 401 g/mol. The number of hydrogen-bond acceptors (Lipinski definition) is 5. The van der Waals surface area contributed by atoms with Gasteiger partial charge in [-0.3, -0.25) is 4.79 Å². The number of carbonyl (C=O) groups is 1. The summed E-state index contributed by atoms with van der Waals surface area (Å²) in [6.07, 6.45) is 0. The number of hydrogen-bond donors (Lipinski definition) is 1. The molecule has 0 spiro atoms. The van der Waals surface area contributed by atoms with Crippen molar-refractivity contribution in [3.8, 4) is 5.75 Å². The van der Waals surface area contributed by atoms with Gasteiger partial charge in [0.05, 0.1) is 10.6 Å². The summed E-state index contributed by atoms with van der Waals surface area (Å²) in [5.41, 5.74) is -0.0977. The smallest absolute Gasteiger partial charge is 0.744 e. The third kappa shape index (κ3) is 6.35. The third-order valence-electron chi connectivity index (χ3n) is 5.17. The summed E-state index contributed by atoms with van der Waals surface area (Å²) in [6.45, 7) is 17.8. The molecule has 1 amide bonds. The first-order valence-corrected chi connectivity index (χ1v) is 13.2. The van der Waals surface area contributed by atoms with Crippen molar-refractivity contribution in [3.63, 3.8) is 0 Å². The van der Waals surface area contributed by atoms with Gasteiger partial charge in [0.2, 0.25) is 5.91 Å². The molecule has 0 aliphatic heterocycles. The van der Waals surface area contributed by atoms with Crippen molar-refractivity contribution >= 4 is 30.0 Å². The number of amides is 1. The molecule has 0 aliphatic carbocycles. The van der Waals surface area contributed by atoms with E-state index in [9.17, 15) is 17.8 Å². The number of rotatable bonds is 7. The molecule has 29 heavy (non-hydrogen) atoms. The van der Waals surface area contributed by atoms with Crippen LogP contribution in [-0.4, -0.2) is 27.2 Å². The standard InChI is InChI=1S/C20H35NO5SSi.Li/c1-13(2)28(14(3)4,15(5)6)26-16-11-10-12-17(27(23,24)25)18(16)21-19(22)20(7,8)9;/h10-15H,1-9H3,(H,21,22)(H,23,24,25);/q;+1/p-1. The summed E-state index contributed by atoms with van der Waals surface area (Å²) < 4.78 is 42.1. The van der Waals surface area contributed by atoms with Gasteiger partial charge in [-0.2, -0.15) is 0 Å². The fourth-order valence-corrected chi connectivity index (χ4v) is 9.68. The maximum absolute atomic E-state index is 12.6. The molecule has 0 bridgehead atoms. The van der Waals surface area contributed by atoms with Crippen LogP contribution in [0, 0.1) is 5.41 Å². The molecule has 0 unspecified atom stereocenters. The Morgan fingerprint density at radius 3 is 1.83 bits per heavy atom. The van der Waals surface area contributed by atoms with Gasteiger partial charge >= 0.3 is 18.9 Å². The molecule has 9 heteroatoms. The van der Waals surface area contributed by atoms with Crippen LogP contribution >= 0.6 is 0 Å². The normalized spacial score (nSPS) is 12.9. The zero-order chi connectivity index (χ0) is 22.1. The van der Waals surface area contributed by atoms with Crippen LogP contribution in [0.5, 0.6) is 5.75 Å². The van der Waals surface area contributed by atoms with Crippen LogP contribution in [0.25, 0.3) is 0 Å². The van der Waals surface area contributed by atoms with E-state index >= 15 is 0 Å². The van der Waals surface area contributed by atoms with Crippen molar-refractivity contribution in [2.75, 3.05) is 5.32 Å². The second kappa shape index (κ2) is 10.0. The molecule has 1 aromatic rings. The van der Waals surface area contributed by atoms with Gasteiger partial charge in [0.15, 0.2) is 0 Å². The van der Waals surface area contributed by atoms with E-state index in [-0.39, 0.29) is 52.8 Å². The van der Waals surface area contributed by atoms with Crippen LogP contribution in [0.1, 0.15) is 62.3 Å². The van der Waals surface area contributed by atoms with Crippen LogP contribution in [0.4, 0.5) is 5.69 Å². The summed E-state index contributed by atoms with van der Waals surface area (Å²) in [5, 5.41) is 2.64. The van der Waals surface area contributed by atoms with Gasteiger partial charge in [-0.1, -0.05) is 68.4 Å². The first-order valence-electron chi connectivity index (χ1n) is 9.64. The summed E-state index contributed by atoms with van der Waals surface area (Å²) in [5.74, 6) is -0.142. The monoisotopic (exact) mass is 435 g/mol. The maximum atomic E-state index is 12.6. The molecule has 6 nitrogen and oxygen atoms in total. The SMILES string of the molecule is CC(C)[Si](Oc1cccc(S(=O)(=O)[O-])c1NC(=O)C(C)(C)C)(C(C)C)C(C)C.[Li+]. The predicted octanol–water partition coefficient (Wildman–Crippen LogP) is 2.13. The number of anilines is 1. The van der Waals surface area contributed by atoms with Crippen LogP contribution < -0.4 is 28.6 Å². The Labute approximate surface area is 189 Å². The Bertz CT molecular complexity index is 795. The minimum absolute atomic E-state index is 0. The van der Waals surface area contributed by atoms with Crippen molar-refractivity contribution < 1.29 is 41.1 Å². The van der Waals surface area contributed by atoms with Crippen molar-refractivity contribution in [2.45, 2.75) is 83.8 Å². The molecule has 0 saturated heterocycles. The molecule has 1 aromatic carbocycles. The average Bonchev–Trinajstić information content (AvgIpc) is 2.50. The van der Waals surface area contributed by atoms with Crippen LogP contribution in [0.2, 0.25) is 16.6 Å². The van der Waals surface area contributed by atoms with Gasteiger partial charge in [-0.25, -0.2) is 8.42 Å². The van der Waals surface area contributed by atoms with Gasteiger partial charge in [0.25, 0.3) is 8.32 Å². The summed E-state index contributed by atoms with van der Waals surface area (Å²) in [7, 11) is -7.22. The van der Waals surface area contributed by atoms with E-state index in [0.29, 0.717) is 0 Å². The van der Waals surface area contributed by atoms with Crippen LogP contribution in [0.15, 0.2) is 23.1 Å². The Morgan fingerprint density at radius 1 is 1.03 bits per heavy atom. The largest absolute Gasteiger partial charge is 1.00 e. The van der Waals surface area contributed by atoms with E-state index < -0.39 is 28.7 Å². The zero-order valence-corrected chi connectivity index (χ0v) is 21.2. The second-order valence-corrected chi connectivity index (χ2v) is 15.9. The first kappa shape index (κ1) is 28.2. The molecule has 0 fully saturated rings. The number of benzene rings is 1. The van der Waals surface area contributed by atoms with E-state index in [1.54, 1.807) is 26.8 Å². The molecule has 160 valence electrons. The van der Waals surface area contributed by atoms with Crippen LogP contribution in [0.3, 0.4) is 0 Å².